The SMILES string of the molecule is CO[C@@H]1O[C@H]([C@@H](C)F)[C@](C)([N+](=O)[O-])[C@@H]1O. The van der Waals surface area contributed by atoms with E-state index in [4.69, 9.17) is 9.47 Å². The van der Waals surface area contributed by atoms with E-state index in [0.717, 1.165) is 13.8 Å². The maximum absolute atomic E-state index is 13.1. The Bertz CT molecular complexity index is 261. The standard InChI is InChI=1S/C8H14FNO5/c1-4(9)6-8(2,10(12)13)5(11)7(14-3)15-6/h4-7,11H,1-3H3/t4-,5-,6-,7-,8-/m1/s1. The second-order valence-electron chi connectivity index (χ2n) is 3.77. The summed E-state index contributed by atoms with van der Waals surface area (Å²) in [5.41, 5.74) is -1.88. The van der Waals surface area contributed by atoms with E-state index in [-0.39, 0.29) is 0 Å². The Kier molecular flexibility index (Phi) is 3.27. The van der Waals surface area contributed by atoms with Crippen LogP contribution < -0.4 is 0 Å². The van der Waals surface area contributed by atoms with Gasteiger partial charge in [0, 0.05) is 19.0 Å². The van der Waals surface area contributed by atoms with Crippen molar-refractivity contribution in [3.05, 3.63) is 10.1 Å². The third-order valence-electron chi connectivity index (χ3n) is 2.76. The van der Waals surface area contributed by atoms with Crippen LogP contribution in [0.2, 0.25) is 0 Å². The lowest BCUT2D eigenvalue weighted by Crippen LogP contribution is -2.54. The smallest absolute Gasteiger partial charge is 0.278 e. The summed E-state index contributed by atoms with van der Waals surface area (Å²) in [6.45, 7) is 2.30. The number of methoxy groups -OCH3 is 1. The van der Waals surface area contributed by atoms with E-state index < -0.39 is 35.1 Å². The number of hydrogen-bond acceptors (Lipinski definition) is 5. The Morgan fingerprint density at radius 3 is 2.53 bits per heavy atom. The van der Waals surface area contributed by atoms with Gasteiger partial charge in [0.2, 0.25) is 0 Å². The predicted molar refractivity (Wildman–Crippen MR) is 47.6 cm³/mol. The third-order valence-corrected chi connectivity index (χ3v) is 2.76. The van der Waals surface area contributed by atoms with Crippen LogP contribution in [0.4, 0.5) is 4.39 Å². The molecule has 0 aromatic rings. The fourth-order valence-electron chi connectivity index (χ4n) is 1.77. The Hall–Kier alpha value is -0.790. The van der Waals surface area contributed by atoms with E-state index in [2.05, 4.69) is 0 Å². The lowest BCUT2D eigenvalue weighted by atomic mass is 9.89. The van der Waals surface area contributed by atoms with Gasteiger partial charge in [0.25, 0.3) is 5.54 Å². The van der Waals surface area contributed by atoms with Crippen LogP contribution in [0.15, 0.2) is 0 Å². The second-order valence-corrected chi connectivity index (χ2v) is 3.77. The average Bonchev–Trinajstić information content (AvgIpc) is 2.41. The number of rotatable bonds is 3. The van der Waals surface area contributed by atoms with E-state index in [1.165, 1.54) is 7.11 Å². The molecule has 1 fully saturated rings. The monoisotopic (exact) mass is 223 g/mol. The van der Waals surface area contributed by atoms with E-state index in [0.29, 0.717) is 0 Å². The summed E-state index contributed by atoms with van der Waals surface area (Å²) in [6, 6.07) is 0. The third kappa shape index (κ3) is 1.70. The minimum absolute atomic E-state index is 0.725. The lowest BCUT2D eigenvalue weighted by molar-refractivity contribution is -0.582. The van der Waals surface area contributed by atoms with Crippen LogP contribution in [0.3, 0.4) is 0 Å². The highest BCUT2D eigenvalue weighted by molar-refractivity contribution is 5.00. The first-order valence-electron chi connectivity index (χ1n) is 4.50. The molecule has 1 saturated heterocycles. The van der Waals surface area contributed by atoms with E-state index in [1.807, 2.05) is 0 Å². The molecule has 88 valence electrons. The number of halogens is 1. The van der Waals surface area contributed by atoms with Gasteiger partial charge in [0.1, 0.15) is 6.17 Å². The summed E-state index contributed by atoms with van der Waals surface area (Å²) >= 11 is 0. The van der Waals surface area contributed by atoms with Crippen molar-refractivity contribution in [2.75, 3.05) is 7.11 Å². The highest BCUT2D eigenvalue weighted by Gasteiger charge is 2.64. The molecule has 1 heterocycles. The Labute approximate surface area is 86.1 Å². The number of nitrogens with zero attached hydrogens (tertiary/aromatic N) is 1. The van der Waals surface area contributed by atoms with Crippen molar-refractivity contribution in [1.29, 1.82) is 0 Å². The Balaban J connectivity index is 3.03. The van der Waals surface area contributed by atoms with Crippen molar-refractivity contribution < 1.29 is 23.9 Å². The van der Waals surface area contributed by atoms with Crippen LogP contribution >= 0.6 is 0 Å². The van der Waals surface area contributed by atoms with Crippen molar-refractivity contribution in [2.45, 2.75) is 44.1 Å². The summed E-state index contributed by atoms with van der Waals surface area (Å²) in [5.74, 6) is 0. The molecule has 0 spiro atoms. The lowest BCUT2D eigenvalue weighted by Gasteiger charge is -2.24. The second kappa shape index (κ2) is 3.99. The first-order valence-corrected chi connectivity index (χ1v) is 4.50. The molecule has 7 heteroatoms. The van der Waals surface area contributed by atoms with Crippen molar-refractivity contribution in [3.63, 3.8) is 0 Å². The van der Waals surface area contributed by atoms with Crippen LogP contribution in [0.5, 0.6) is 0 Å². The molecular formula is C8H14FNO5. The zero-order valence-electron chi connectivity index (χ0n) is 8.71. The molecule has 0 aromatic carbocycles. The predicted octanol–water partition coefficient (Wildman–Crippen LogP) is 0.112. The van der Waals surface area contributed by atoms with E-state index >= 15 is 0 Å². The quantitative estimate of drug-likeness (QED) is 0.542. The fourth-order valence-corrected chi connectivity index (χ4v) is 1.77. The summed E-state index contributed by atoms with van der Waals surface area (Å²) in [6.07, 6.45) is -5.52. The molecular weight excluding hydrogens is 209 g/mol. The number of nitro groups is 1. The van der Waals surface area contributed by atoms with Crippen molar-refractivity contribution >= 4 is 0 Å². The van der Waals surface area contributed by atoms with Gasteiger partial charge in [-0.1, -0.05) is 0 Å². The van der Waals surface area contributed by atoms with Gasteiger partial charge < -0.3 is 14.6 Å². The summed E-state index contributed by atoms with van der Waals surface area (Å²) in [4.78, 5) is 10.1. The fraction of sp³-hybridized carbons (Fsp3) is 1.00. The molecule has 1 aliphatic rings. The normalized spacial score (nSPS) is 42.9. The number of ether oxygens (including phenoxy) is 2. The topological polar surface area (TPSA) is 81.8 Å². The highest BCUT2D eigenvalue weighted by atomic mass is 19.1. The van der Waals surface area contributed by atoms with Crippen LogP contribution in [-0.4, -0.2) is 47.3 Å². The molecule has 1 N–H and O–H groups in total. The molecule has 1 aliphatic heterocycles. The van der Waals surface area contributed by atoms with Gasteiger partial charge in [-0.15, -0.1) is 0 Å². The average molecular weight is 223 g/mol. The molecule has 0 saturated carbocycles. The van der Waals surface area contributed by atoms with Gasteiger partial charge in [0.05, 0.1) is 0 Å². The molecule has 0 unspecified atom stereocenters. The largest absolute Gasteiger partial charge is 0.381 e. The summed E-state index contributed by atoms with van der Waals surface area (Å²) in [5, 5.41) is 20.5. The molecule has 0 aromatic heterocycles. The van der Waals surface area contributed by atoms with Gasteiger partial charge in [0.15, 0.2) is 18.5 Å². The molecule has 6 nitrogen and oxygen atoms in total. The van der Waals surface area contributed by atoms with Crippen LogP contribution in [0, 0.1) is 10.1 Å². The van der Waals surface area contributed by atoms with Gasteiger partial charge in [-0.3, -0.25) is 10.1 Å². The highest BCUT2D eigenvalue weighted by Crippen LogP contribution is 2.36. The van der Waals surface area contributed by atoms with Gasteiger partial charge in [-0.05, 0) is 6.92 Å². The molecule has 5 atom stereocenters. The van der Waals surface area contributed by atoms with Crippen LogP contribution in [0.1, 0.15) is 13.8 Å². The molecule has 15 heavy (non-hydrogen) atoms. The number of hydrogen-bond donors (Lipinski definition) is 1. The molecule has 0 aliphatic carbocycles. The molecule has 0 amide bonds. The van der Waals surface area contributed by atoms with Gasteiger partial charge in [-0.25, -0.2) is 4.39 Å². The minimum Gasteiger partial charge on any atom is -0.381 e. The molecule has 0 bridgehead atoms. The summed E-state index contributed by atoms with van der Waals surface area (Å²) in [7, 11) is 1.24. The van der Waals surface area contributed by atoms with E-state index in [9.17, 15) is 19.6 Å². The zero-order chi connectivity index (χ0) is 11.8. The van der Waals surface area contributed by atoms with Crippen molar-refractivity contribution in [3.8, 4) is 0 Å². The van der Waals surface area contributed by atoms with Crippen molar-refractivity contribution in [2.24, 2.45) is 0 Å². The zero-order valence-corrected chi connectivity index (χ0v) is 8.71. The van der Waals surface area contributed by atoms with E-state index in [1.54, 1.807) is 0 Å². The van der Waals surface area contributed by atoms with Gasteiger partial charge >= 0.3 is 0 Å². The minimum atomic E-state index is -1.88. The van der Waals surface area contributed by atoms with Crippen LogP contribution in [-0.2, 0) is 9.47 Å². The van der Waals surface area contributed by atoms with Crippen molar-refractivity contribution in [1.82, 2.24) is 0 Å². The number of aliphatic hydroxyl groups is 1. The first kappa shape index (κ1) is 12.3. The number of aliphatic hydroxyl groups excluding tert-OH is 1. The maximum Gasteiger partial charge on any atom is 0.278 e. The maximum atomic E-state index is 13.1. The molecule has 0 radical (unpaired) electrons. The number of alkyl halides is 1. The Morgan fingerprint density at radius 1 is 1.73 bits per heavy atom. The van der Waals surface area contributed by atoms with Gasteiger partial charge in [-0.2, -0.15) is 0 Å². The van der Waals surface area contributed by atoms with Crippen LogP contribution in [0.25, 0.3) is 0 Å². The first-order chi connectivity index (χ1) is 6.85. The molecule has 1 rings (SSSR count). The Morgan fingerprint density at radius 2 is 2.27 bits per heavy atom. The summed E-state index contributed by atoms with van der Waals surface area (Å²) < 4.78 is 22.8.